The van der Waals surface area contributed by atoms with Crippen molar-refractivity contribution < 1.29 is 14.7 Å². The first-order valence-electron chi connectivity index (χ1n) is 13.2. The van der Waals surface area contributed by atoms with Gasteiger partial charge in [0.25, 0.3) is 5.56 Å². The van der Waals surface area contributed by atoms with E-state index >= 15 is 0 Å². The Bertz CT molecular complexity index is 918. The van der Waals surface area contributed by atoms with Crippen molar-refractivity contribution in [3.63, 3.8) is 0 Å². The summed E-state index contributed by atoms with van der Waals surface area (Å²) in [5.41, 5.74) is 0.933. The molecule has 0 aliphatic heterocycles. The molecule has 2 rings (SSSR count). The molecule has 0 aliphatic rings. The lowest BCUT2D eigenvalue weighted by Gasteiger charge is -2.15. The Kier molecular flexibility index (Phi) is 13.1. The molecule has 0 bridgehead atoms. The Hall–Kier alpha value is -2.57. The highest BCUT2D eigenvalue weighted by atomic mass is 16.4. The lowest BCUT2D eigenvalue weighted by molar-refractivity contribution is -0.140. The van der Waals surface area contributed by atoms with E-state index in [1.165, 1.54) is 70.6 Å². The number of hydrogen-bond donors (Lipinski definition) is 4. The second kappa shape index (κ2) is 16.1. The summed E-state index contributed by atoms with van der Waals surface area (Å²) in [5.74, 6) is -1.80. The van der Waals surface area contributed by atoms with Crippen LogP contribution in [0, 0.1) is 5.92 Å². The monoisotopic (exact) mass is 473 g/mol. The molecule has 0 aliphatic carbocycles. The van der Waals surface area contributed by atoms with Crippen LogP contribution in [-0.2, 0) is 9.59 Å². The number of carbonyl (C=O) groups is 2. The van der Waals surface area contributed by atoms with E-state index < -0.39 is 11.9 Å². The highest BCUT2D eigenvalue weighted by molar-refractivity contribution is 5.96. The Labute approximate surface area is 203 Å². The molecule has 0 spiro atoms. The summed E-state index contributed by atoms with van der Waals surface area (Å²) < 4.78 is 0. The van der Waals surface area contributed by atoms with E-state index in [-0.39, 0.29) is 17.9 Å². The molecule has 1 unspecified atom stereocenters. The van der Waals surface area contributed by atoms with E-state index in [1.54, 1.807) is 18.2 Å². The molecule has 1 amide bonds. The van der Waals surface area contributed by atoms with E-state index in [9.17, 15) is 19.5 Å². The molecule has 0 radical (unpaired) electrons. The minimum absolute atomic E-state index is 0.173. The number of aromatic nitrogens is 2. The molecule has 0 saturated carbocycles. The lowest BCUT2D eigenvalue weighted by Crippen LogP contribution is -2.25. The van der Waals surface area contributed by atoms with Crippen LogP contribution in [0.25, 0.3) is 10.9 Å². The van der Waals surface area contributed by atoms with E-state index in [0.29, 0.717) is 23.0 Å². The molecule has 34 heavy (non-hydrogen) atoms. The van der Waals surface area contributed by atoms with E-state index in [1.807, 2.05) is 0 Å². The lowest BCUT2D eigenvalue weighted by atomic mass is 9.96. The van der Waals surface area contributed by atoms with Crippen molar-refractivity contribution in [1.82, 2.24) is 10.2 Å². The van der Waals surface area contributed by atoms with Crippen LogP contribution in [0.5, 0.6) is 0 Å². The fourth-order valence-corrected chi connectivity index (χ4v) is 4.48. The fraction of sp³-hybridized carbons (Fsp3) is 0.667. The van der Waals surface area contributed by atoms with E-state index in [4.69, 9.17) is 0 Å². The van der Waals surface area contributed by atoms with Crippen LogP contribution in [0.15, 0.2) is 23.0 Å². The van der Waals surface area contributed by atoms with Gasteiger partial charge in [0.15, 0.2) is 0 Å². The van der Waals surface area contributed by atoms with Crippen LogP contribution in [0.4, 0.5) is 5.69 Å². The van der Waals surface area contributed by atoms with Crippen molar-refractivity contribution in [2.75, 3.05) is 5.32 Å². The zero-order valence-corrected chi connectivity index (χ0v) is 20.8. The van der Waals surface area contributed by atoms with Gasteiger partial charge >= 0.3 is 5.97 Å². The highest BCUT2D eigenvalue weighted by Gasteiger charge is 2.21. The molecule has 1 aromatic heterocycles. The second-order valence-electron chi connectivity index (χ2n) is 9.51. The number of carboxylic acid groups (broad SMARTS) is 1. The van der Waals surface area contributed by atoms with Crippen molar-refractivity contribution in [2.24, 2.45) is 5.92 Å². The predicted octanol–water partition coefficient (Wildman–Crippen LogP) is 6.76. The van der Waals surface area contributed by atoms with Crippen LogP contribution < -0.4 is 10.9 Å². The number of aromatic amines is 2. The summed E-state index contributed by atoms with van der Waals surface area (Å²) in [7, 11) is 0. The number of benzene rings is 1. The smallest absolute Gasteiger partial charge is 0.304 e. The quantitative estimate of drug-likeness (QED) is 0.169. The molecular formula is C27H43N3O4. The maximum Gasteiger partial charge on any atom is 0.304 e. The topological polar surface area (TPSA) is 115 Å². The minimum atomic E-state index is -0.962. The maximum absolute atomic E-state index is 12.7. The van der Waals surface area contributed by atoms with Crippen LogP contribution in [0.1, 0.15) is 110 Å². The average Bonchev–Trinajstić information content (AvgIpc) is 3.18. The standard InChI is InChI=1S/C27H43N3O4/c1-2-3-4-5-6-7-8-9-10-11-12-13-14-15-16-21(19-25(31)32)26(33)28-22-17-18-23-24(20-22)29-30-27(23)34/h17-18,20-21H,2-16,19H2,1H3,(H,28,33)(H,31,32)(H2,29,30,34). The summed E-state index contributed by atoms with van der Waals surface area (Å²) in [6, 6.07) is 4.98. The number of aliphatic carboxylic acids is 1. The van der Waals surface area contributed by atoms with Crippen LogP contribution in [-0.4, -0.2) is 27.2 Å². The van der Waals surface area contributed by atoms with Gasteiger partial charge in [-0.1, -0.05) is 96.8 Å². The van der Waals surface area contributed by atoms with Gasteiger partial charge in [0, 0.05) is 11.6 Å². The Morgan fingerprint density at radius 3 is 1.97 bits per heavy atom. The number of hydrogen-bond acceptors (Lipinski definition) is 3. The van der Waals surface area contributed by atoms with Gasteiger partial charge in [0.2, 0.25) is 5.91 Å². The largest absolute Gasteiger partial charge is 0.481 e. The number of amides is 1. The minimum Gasteiger partial charge on any atom is -0.481 e. The van der Waals surface area contributed by atoms with E-state index in [0.717, 1.165) is 19.3 Å². The van der Waals surface area contributed by atoms with Gasteiger partial charge < -0.3 is 10.4 Å². The second-order valence-corrected chi connectivity index (χ2v) is 9.51. The molecule has 0 saturated heterocycles. The molecule has 1 atom stereocenters. The number of unbranched alkanes of at least 4 members (excludes halogenated alkanes) is 13. The number of rotatable bonds is 19. The van der Waals surface area contributed by atoms with Gasteiger partial charge in [0.1, 0.15) is 0 Å². The highest BCUT2D eigenvalue weighted by Crippen LogP contribution is 2.20. The molecule has 4 N–H and O–H groups in total. The Morgan fingerprint density at radius 2 is 1.41 bits per heavy atom. The summed E-state index contributed by atoms with van der Waals surface area (Å²) in [6.45, 7) is 2.25. The van der Waals surface area contributed by atoms with Gasteiger partial charge in [-0.3, -0.25) is 24.6 Å². The predicted molar refractivity (Wildman–Crippen MR) is 138 cm³/mol. The third-order valence-electron chi connectivity index (χ3n) is 6.54. The number of nitrogens with one attached hydrogen (secondary N) is 3. The Morgan fingerprint density at radius 1 is 0.853 bits per heavy atom. The molecule has 7 heteroatoms. The zero-order valence-electron chi connectivity index (χ0n) is 20.8. The first-order chi connectivity index (χ1) is 16.5. The van der Waals surface area contributed by atoms with Crippen molar-refractivity contribution in [3.8, 4) is 0 Å². The first-order valence-corrected chi connectivity index (χ1v) is 13.2. The summed E-state index contributed by atoms with van der Waals surface area (Å²) in [6.07, 6.45) is 18.1. The molecule has 7 nitrogen and oxygen atoms in total. The van der Waals surface area contributed by atoms with Gasteiger partial charge in [-0.25, -0.2) is 0 Å². The van der Waals surface area contributed by atoms with Crippen LogP contribution in [0.3, 0.4) is 0 Å². The van der Waals surface area contributed by atoms with Gasteiger partial charge in [-0.2, -0.15) is 0 Å². The number of carbonyl (C=O) groups excluding carboxylic acids is 1. The average molecular weight is 474 g/mol. The molecule has 1 aromatic carbocycles. The fourth-order valence-electron chi connectivity index (χ4n) is 4.48. The number of H-pyrrole nitrogens is 2. The van der Waals surface area contributed by atoms with Gasteiger partial charge in [0.05, 0.1) is 17.3 Å². The van der Waals surface area contributed by atoms with Gasteiger partial charge in [-0.15, -0.1) is 0 Å². The summed E-state index contributed by atoms with van der Waals surface area (Å²) in [5, 5.41) is 17.8. The van der Waals surface area contributed by atoms with Crippen LogP contribution >= 0.6 is 0 Å². The zero-order chi connectivity index (χ0) is 24.6. The molecule has 1 heterocycles. The first kappa shape index (κ1) is 27.7. The summed E-state index contributed by atoms with van der Waals surface area (Å²) in [4.78, 5) is 35.6. The summed E-state index contributed by atoms with van der Waals surface area (Å²) >= 11 is 0. The number of anilines is 1. The van der Waals surface area contributed by atoms with Crippen LogP contribution in [0.2, 0.25) is 0 Å². The molecule has 0 fully saturated rings. The van der Waals surface area contributed by atoms with Gasteiger partial charge in [-0.05, 0) is 24.6 Å². The van der Waals surface area contributed by atoms with Crippen molar-refractivity contribution in [1.29, 1.82) is 0 Å². The molecule has 2 aromatic rings. The molecular weight excluding hydrogens is 430 g/mol. The molecule has 190 valence electrons. The Balaban J connectivity index is 1.60. The van der Waals surface area contributed by atoms with Crippen molar-refractivity contribution in [2.45, 2.75) is 110 Å². The third-order valence-corrected chi connectivity index (χ3v) is 6.54. The van der Waals surface area contributed by atoms with Crippen molar-refractivity contribution in [3.05, 3.63) is 28.6 Å². The normalized spacial score (nSPS) is 12.1. The van der Waals surface area contributed by atoms with Crippen molar-refractivity contribution >= 4 is 28.5 Å². The SMILES string of the molecule is CCCCCCCCCCCCCCCCC(CC(=O)O)C(=O)Nc1ccc2c(=O)[nH][nH]c2c1. The van der Waals surface area contributed by atoms with E-state index in [2.05, 4.69) is 22.4 Å². The third kappa shape index (κ3) is 10.6. The number of carboxylic acids is 1. The maximum atomic E-state index is 12.7. The number of fused-ring (bicyclic) bond motifs is 1.